The molecule has 0 saturated carbocycles. The van der Waals surface area contributed by atoms with E-state index in [-0.39, 0.29) is 11.9 Å². The van der Waals surface area contributed by atoms with Crippen molar-refractivity contribution in [1.82, 2.24) is 4.90 Å². The Labute approximate surface area is 99.9 Å². The van der Waals surface area contributed by atoms with E-state index in [1.807, 2.05) is 11.9 Å². The first kappa shape index (κ1) is 12.0. The van der Waals surface area contributed by atoms with Crippen LogP contribution in [0.4, 0.5) is 4.39 Å². The molecular weight excluding hydrogens is 221 g/mol. The zero-order valence-electron chi connectivity index (χ0n) is 9.98. The SMILES string of the molecule is Cc1cc([C@@H]2[C@@H](C(=O)O)CCN2C)ccc1F. The molecule has 92 valence electrons. The minimum absolute atomic E-state index is 0.146. The molecule has 1 aliphatic rings. The summed E-state index contributed by atoms with van der Waals surface area (Å²) in [6.07, 6.45) is 0.646. The highest BCUT2D eigenvalue weighted by atomic mass is 19.1. The molecule has 3 nitrogen and oxygen atoms in total. The maximum absolute atomic E-state index is 13.2. The van der Waals surface area contributed by atoms with Crippen molar-refractivity contribution in [2.45, 2.75) is 19.4 Å². The summed E-state index contributed by atoms with van der Waals surface area (Å²) in [7, 11) is 1.91. The predicted molar refractivity (Wildman–Crippen MR) is 62.3 cm³/mol. The highest BCUT2D eigenvalue weighted by Gasteiger charge is 2.37. The number of hydrogen-bond donors (Lipinski definition) is 1. The summed E-state index contributed by atoms with van der Waals surface area (Å²) in [4.78, 5) is 13.2. The summed E-state index contributed by atoms with van der Waals surface area (Å²) in [5.74, 6) is -1.42. The highest BCUT2D eigenvalue weighted by Crippen LogP contribution is 2.36. The molecule has 4 heteroatoms. The van der Waals surface area contributed by atoms with Crippen molar-refractivity contribution >= 4 is 5.97 Å². The third-order valence-corrected chi connectivity index (χ3v) is 3.49. The van der Waals surface area contributed by atoms with E-state index in [4.69, 9.17) is 0 Å². The van der Waals surface area contributed by atoms with E-state index in [9.17, 15) is 14.3 Å². The number of halogens is 1. The van der Waals surface area contributed by atoms with Crippen LogP contribution in [0.5, 0.6) is 0 Å². The molecule has 0 radical (unpaired) electrons. The lowest BCUT2D eigenvalue weighted by atomic mass is 9.93. The summed E-state index contributed by atoms with van der Waals surface area (Å²) in [5.41, 5.74) is 1.45. The molecule has 1 fully saturated rings. The maximum Gasteiger partial charge on any atom is 0.308 e. The van der Waals surface area contributed by atoms with Crippen LogP contribution in [0.15, 0.2) is 18.2 Å². The summed E-state index contributed by atoms with van der Waals surface area (Å²) in [6.45, 7) is 2.46. The molecule has 0 spiro atoms. The number of aliphatic carboxylic acids is 1. The highest BCUT2D eigenvalue weighted by molar-refractivity contribution is 5.71. The van der Waals surface area contributed by atoms with Gasteiger partial charge in [0.1, 0.15) is 5.82 Å². The first-order valence-corrected chi connectivity index (χ1v) is 5.70. The Balaban J connectivity index is 2.36. The smallest absolute Gasteiger partial charge is 0.308 e. The van der Waals surface area contributed by atoms with E-state index in [0.717, 1.165) is 12.1 Å². The van der Waals surface area contributed by atoms with Gasteiger partial charge in [-0.3, -0.25) is 9.69 Å². The number of aryl methyl sites for hydroxylation is 1. The maximum atomic E-state index is 13.2. The van der Waals surface area contributed by atoms with Gasteiger partial charge in [-0.25, -0.2) is 4.39 Å². The molecule has 0 aromatic heterocycles. The van der Waals surface area contributed by atoms with E-state index in [1.165, 1.54) is 6.07 Å². The van der Waals surface area contributed by atoms with Gasteiger partial charge >= 0.3 is 5.97 Å². The normalized spacial score (nSPS) is 25.1. The van der Waals surface area contributed by atoms with E-state index in [1.54, 1.807) is 19.1 Å². The van der Waals surface area contributed by atoms with Crippen LogP contribution in [-0.2, 0) is 4.79 Å². The van der Waals surface area contributed by atoms with E-state index >= 15 is 0 Å². The van der Waals surface area contributed by atoms with Crippen molar-refractivity contribution in [2.24, 2.45) is 5.92 Å². The van der Waals surface area contributed by atoms with Gasteiger partial charge in [-0.2, -0.15) is 0 Å². The lowest BCUT2D eigenvalue weighted by Gasteiger charge is -2.23. The number of carboxylic acids is 1. The van der Waals surface area contributed by atoms with Gasteiger partial charge in [0.25, 0.3) is 0 Å². The Bertz CT molecular complexity index is 447. The van der Waals surface area contributed by atoms with Gasteiger partial charge in [0.15, 0.2) is 0 Å². The van der Waals surface area contributed by atoms with Gasteiger partial charge in [0.2, 0.25) is 0 Å². The van der Waals surface area contributed by atoms with Crippen LogP contribution < -0.4 is 0 Å². The summed E-state index contributed by atoms with van der Waals surface area (Å²) in [5, 5.41) is 9.19. The minimum Gasteiger partial charge on any atom is -0.481 e. The van der Waals surface area contributed by atoms with Crippen LogP contribution in [-0.4, -0.2) is 29.6 Å². The van der Waals surface area contributed by atoms with Crippen molar-refractivity contribution in [3.63, 3.8) is 0 Å². The Morgan fingerprint density at radius 3 is 2.82 bits per heavy atom. The van der Waals surface area contributed by atoms with Gasteiger partial charge in [-0.15, -0.1) is 0 Å². The van der Waals surface area contributed by atoms with Crippen LogP contribution in [0.25, 0.3) is 0 Å². The zero-order valence-corrected chi connectivity index (χ0v) is 9.98. The number of nitrogens with zero attached hydrogens (tertiary/aromatic N) is 1. The van der Waals surface area contributed by atoms with Crippen LogP contribution in [0.2, 0.25) is 0 Å². The Morgan fingerprint density at radius 2 is 2.24 bits per heavy atom. The average Bonchev–Trinajstić information content (AvgIpc) is 2.64. The number of hydrogen-bond acceptors (Lipinski definition) is 2. The largest absolute Gasteiger partial charge is 0.481 e. The van der Waals surface area contributed by atoms with Crippen LogP contribution in [0.1, 0.15) is 23.6 Å². The molecule has 1 heterocycles. The van der Waals surface area contributed by atoms with Crippen molar-refractivity contribution in [3.05, 3.63) is 35.1 Å². The standard InChI is InChI=1S/C13H16FNO2/c1-8-7-9(3-4-11(8)14)12-10(13(16)17)5-6-15(12)2/h3-4,7,10,12H,5-6H2,1-2H3,(H,16,17)/t10-,12+/m0/s1. The van der Waals surface area contributed by atoms with Gasteiger partial charge in [-0.1, -0.05) is 12.1 Å². The summed E-state index contributed by atoms with van der Waals surface area (Å²) < 4.78 is 13.2. The molecule has 0 bridgehead atoms. The molecule has 1 aromatic carbocycles. The van der Waals surface area contributed by atoms with Crippen molar-refractivity contribution in [1.29, 1.82) is 0 Å². The second kappa shape index (κ2) is 4.45. The van der Waals surface area contributed by atoms with Crippen molar-refractivity contribution in [2.75, 3.05) is 13.6 Å². The first-order chi connectivity index (χ1) is 8.00. The fraction of sp³-hybridized carbons (Fsp3) is 0.462. The molecule has 2 rings (SSSR count). The molecule has 0 unspecified atom stereocenters. The van der Waals surface area contributed by atoms with Gasteiger partial charge in [0, 0.05) is 6.04 Å². The molecule has 1 N–H and O–H groups in total. The van der Waals surface area contributed by atoms with E-state index in [2.05, 4.69) is 0 Å². The third-order valence-electron chi connectivity index (χ3n) is 3.49. The van der Waals surface area contributed by atoms with Crippen LogP contribution >= 0.6 is 0 Å². The van der Waals surface area contributed by atoms with E-state index < -0.39 is 11.9 Å². The van der Waals surface area contributed by atoms with Crippen LogP contribution in [0, 0.1) is 18.7 Å². The van der Waals surface area contributed by atoms with Crippen LogP contribution in [0.3, 0.4) is 0 Å². The predicted octanol–water partition coefficient (Wildman–Crippen LogP) is 2.21. The molecule has 0 amide bonds. The Morgan fingerprint density at radius 1 is 1.53 bits per heavy atom. The molecule has 1 aliphatic heterocycles. The quantitative estimate of drug-likeness (QED) is 0.857. The van der Waals surface area contributed by atoms with Gasteiger partial charge in [-0.05, 0) is 44.1 Å². The lowest BCUT2D eigenvalue weighted by Crippen LogP contribution is -2.25. The number of carboxylic acid groups (broad SMARTS) is 1. The van der Waals surface area contributed by atoms with Crippen molar-refractivity contribution in [3.8, 4) is 0 Å². The molecule has 0 aliphatic carbocycles. The Kier molecular flexibility index (Phi) is 3.15. The number of carbonyl (C=O) groups is 1. The molecule has 17 heavy (non-hydrogen) atoms. The summed E-state index contributed by atoms with van der Waals surface area (Å²) in [6, 6.07) is 4.70. The fourth-order valence-corrected chi connectivity index (χ4v) is 2.54. The first-order valence-electron chi connectivity index (χ1n) is 5.70. The number of likely N-dealkylation sites (tertiary alicyclic amines) is 1. The second-order valence-electron chi connectivity index (χ2n) is 4.67. The zero-order chi connectivity index (χ0) is 12.6. The monoisotopic (exact) mass is 237 g/mol. The van der Waals surface area contributed by atoms with Gasteiger partial charge < -0.3 is 5.11 Å². The molecular formula is C13H16FNO2. The Hall–Kier alpha value is -1.42. The topological polar surface area (TPSA) is 40.5 Å². The number of benzene rings is 1. The van der Waals surface area contributed by atoms with Gasteiger partial charge in [0.05, 0.1) is 5.92 Å². The van der Waals surface area contributed by atoms with E-state index in [0.29, 0.717) is 12.0 Å². The molecule has 1 aromatic rings. The fourth-order valence-electron chi connectivity index (χ4n) is 2.54. The third kappa shape index (κ3) is 2.17. The minimum atomic E-state index is -0.777. The average molecular weight is 237 g/mol. The molecule has 2 atom stereocenters. The van der Waals surface area contributed by atoms with Crippen molar-refractivity contribution < 1.29 is 14.3 Å². The summed E-state index contributed by atoms with van der Waals surface area (Å²) >= 11 is 0. The number of rotatable bonds is 2. The lowest BCUT2D eigenvalue weighted by molar-refractivity contribution is -0.142. The molecule has 1 saturated heterocycles. The second-order valence-corrected chi connectivity index (χ2v) is 4.67.